The lowest BCUT2D eigenvalue weighted by Crippen LogP contribution is -2.30. The van der Waals surface area contributed by atoms with Crippen molar-refractivity contribution in [1.82, 2.24) is 0 Å². The molecule has 0 amide bonds. The molecule has 94 valence electrons. The summed E-state index contributed by atoms with van der Waals surface area (Å²) < 4.78 is 4.61. The fraction of sp³-hybridized carbons (Fsp3) is 0.417. The number of aliphatic hydroxyl groups is 3. The summed E-state index contributed by atoms with van der Waals surface area (Å²) in [6.07, 6.45) is -3.06. The third-order valence-corrected chi connectivity index (χ3v) is 2.37. The minimum absolute atomic E-state index is 0.129. The van der Waals surface area contributed by atoms with Crippen LogP contribution in [0.25, 0.3) is 0 Å². The Balaban J connectivity index is 2.88. The van der Waals surface area contributed by atoms with Crippen molar-refractivity contribution >= 4 is 5.97 Å². The van der Waals surface area contributed by atoms with Crippen LogP contribution in [0.15, 0.2) is 24.3 Å². The molecule has 0 aromatic heterocycles. The van der Waals surface area contributed by atoms with E-state index >= 15 is 0 Å². The fourth-order valence-electron chi connectivity index (χ4n) is 1.49. The molecule has 0 saturated heterocycles. The number of benzene rings is 1. The number of rotatable bonds is 5. The van der Waals surface area contributed by atoms with Crippen molar-refractivity contribution in [3.8, 4) is 0 Å². The van der Waals surface area contributed by atoms with Crippen molar-refractivity contribution in [3.63, 3.8) is 0 Å². The number of hydrogen-bond donors (Lipinski definition) is 3. The zero-order chi connectivity index (χ0) is 12.8. The number of carbonyl (C=O) groups excluding carboxylic acids is 1. The van der Waals surface area contributed by atoms with E-state index in [1.54, 1.807) is 31.2 Å². The minimum Gasteiger partial charge on any atom is -0.464 e. The molecule has 0 fully saturated rings. The molecule has 2 unspecified atom stereocenters. The molecular formula is C12H16O5. The molecule has 0 radical (unpaired) electrons. The standard InChI is InChI=1S/C12H16O5/c1-2-17-12(16)11(15)10(14)9-6-4-3-5-8(9)7-13/h3-6,10-11,13-15H,2,7H2,1H3. The first-order valence-electron chi connectivity index (χ1n) is 5.33. The van der Waals surface area contributed by atoms with Gasteiger partial charge < -0.3 is 20.1 Å². The quantitative estimate of drug-likeness (QED) is 0.637. The van der Waals surface area contributed by atoms with Crippen LogP contribution in [0, 0.1) is 0 Å². The highest BCUT2D eigenvalue weighted by atomic mass is 16.5. The van der Waals surface area contributed by atoms with Crippen LogP contribution >= 0.6 is 0 Å². The van der Waals surface area contributed by atoms with E-state index in [1.165, 1.54) is 0 Å². The van der Waals surface area contributed by atoms with Gasteiger partial charge in [-0.25, -0.2) is 4.79 Å². The van der Waals surface area contributed by atoms with Crippen LogP contribution in [-0.4, -0.2) is 34.0 Å². The van der Waals surface area contributed by atoms with Gasteiger partial charge in [0.05, 0.1) is 13.2 Å². The summed E-state index contributed by atoms with van der Waals surface area (Å²) in [5, 5.41) is 28.5. The number of esters is 1. The molecule has 0 aliphatic heterocycles. The van der Waals surface area contributed by atoms with Crippen LogP contribution < -0.4 is 0 Å². The van der Waals surface area contributed by atoms with Gasteiger partial charge in [0, 0.05) is 0 Å². The van der Waals surface area contributed by atoms with Crippen molar-refractivity contribution < 1.29 is 24.9 Å². The highest BCUT2D eigenvalue weighted by Gasteiger charge is 2.28. The second-order valence-corrected chi connectivity index (χ2v) is 3.50. The van der Waals surface area contributed by atoms with E-state index in [4.69, 9.17) is 5.11 Å². The van der Waals surface area contributed by atoms with Crippen molar-refractivity contribution in [1.29, 1.82) is 0 Å². The Morgan fingerprint density at radius 2 is 2.00 bits per heavy atom. The lowest BCUT2D eigenvalue weighted by Gasteiger charge is -2.18. The van der Waals surface area contributed by atoms with Crippen molar-refractivity contribution in [3.05, 3.63) is 35.4 Å². The van der Waals surface area contributed by atoms with Gasteiger partial charge in [0.2, 0.25) is 0 Å². The summed E-state index contributed by atoms with van der Waals surface area (Å²) in [6.45, 7) is 1.46. The maximum absolute atomic E-state index is 11.3. The van der Waals surface area contributed by atoms with E-state index in [0.29, 0.717) is 11.1 Å². The van der Waals surface area contributed by atoms with E-state index < -0.39 is 18.2 Å². The SMILES string of the molecule is CCOC(=O)C(O)C(O)c1ccccc1CO. The highest BCUT2D eigenvalue weighted by molar-refractivity contribution is 5.75. The summed E-state index contributed by atoms with van der Waals surface area (Å²) in [6, 6.07) is 6.49. The summed E-state index contributed by atoms with van der Waals surface area (Å²) in [4.78, 5) is 11.3. The summed E-state index contributed by atoms with van der Waals surface area (Å²) in [5.41, 5.74) is 0.777. The van der Waals surface area contributed by atoms with Crippen LogP contribution in [0.4, 0.5) is 0 Å². The number of ether oxygens (including phenoxy) is 1. The highest BCUT2D eigenvalue weighted by Crippen LogP contribution is 2.21. The molecule has 1 rings (SSSR count). The Labute approximate surface area is 99.3 Å². The lowest BCUT2D eigenvalue weighted by molar-refractivity contribution is -0.159. The largest absolute Gasteiger partial charge is 0.464 e. The van der Waals surface area contributed by atoms with Crippen LogP contribution in [0.5, 0.6) is 0 Å². The van der Waals surface area contributed by atoms with Gasteiger partial charge in [-0.2, -0.15) is 0 Å². The molecule has 5 heteroatoms. The molecule has 0 spiro atoms. The maximum atomic E-state index is 11.3. The first-order valence-corrected chi connectivity index (χ1v) is 5.33. The summed E-state index contributed by atoms with van der Waals surface area (Å²) in [5.74, 6) is -0.882. The zero-order valence-electron chi connectivity index (χ0n) is 9.54. The first-order chi connectivity index (χ1) is 8.11. The van der Waals surface area contributed by atoms with Gasteiger partial charge in [-0.15, -0.1) is 0 Å². The minimum atomic E-state index is -1.65. The average molecular weight is 240 g/mol. The summed E-state index contributed by atoms with van der Waals surface area (Å²) >= 11 is 0. The third kappa shape index (κ3) is 3.26. The second-order valence-electron chi connectivity index (χ2n) is 3.50. The summed E-state index contributed by atoms with van der Waals surface area (Å²) in [7, 11) is 0. The zero-order valence-corrected chi connectivity index (χ0v) is 9.54. The van der Waals surface area contributed by atoms with Gasteiger partial charge in [0.15, 0.2) is 6.10 Å². The Morgan fingerprint density at radius 1 is 1.35 bits per heavy atom. The molecule has 2 atom stereocenters. The Kier molecular flexibility index (Phi) is 5.09. The van der Waals surface area contributed by atoms with E-state index in [2.05, 4.69) is 4.74 Å². The molecule has 1 aromatic rings. The molecule has 1 aromatic carbocycles. The van der Waals surface area contributed by atoms with Crippen LogP contribution in [0.1, 0.15) is 24.2 Å². The Bertz CT molecular complexity index is 377. The maximum Gasteiger partial charge on any atom is 0.338 e. The predicted molar refractivity (Wildman–Crippen MR) is 60.0 cm³/mol. The topological polar surface area (TPSA) is 87.0 Å². The van der Waals surface area contributed by atoms with Crippen molar-refractivity contribution in [2.45, 2.75) is 25.7 Å². The third-order valence-electron chi connectivity index (χ3n) is 2.37. The van der Waals surface area contributed by atoms with Crippen LogP contribution in [-0.2, 0) is 16.1 Å². The fourth-order valence-corrected chi connectivity index (χ4v) is 1.49. The van der Waals surface area contributed by atoms with Gasteiger partial charge in [-0.1, -0.05) is 24.3 Å². The average Bonchev–Trinajstić information content (AvgIpc) is 2.37. The smallest absolute Gasteiger partial charge is 0.338 e. The molecule has 5 nitrogen and oxygen atoms in total. The lowest BCUT2D eigenvalue weighted by atomic mass is 9.99. The molecule has 17 heavy (non-hydrogen) atoms. The van der Waals surface area contributed by atoms with Gasteiger partial charge in [-0.05, 0) is 18.1 Å². The second kappa shape index (κ2) is 6.34. The molecular weight excluding hydrogens is 224 g/mol. The normalized spacial score (nSPS) is 14.1. The molecule has 3 N–H and O–H groups in total. The van der Waals surface area contributed by atoms with E-state index in [1.807, 2.05) is 0 Å². The van der Waals surface area contributed by atoms with Crippen LogP contribution in [0.3, 0.4) is 0 Å². The van der Waals surface area contributed by atoms with Crippen molar-refractivity contribution in [2.24, 2.45) is 0 Å². The van der Waals surface area contributed by atoms with Gasteiger partial charge in [0.25, 0.3) is 0 Å². The monoisotopic (exact) mass is 240 g/mol. The molecule has 0 heterocycles. The van der Waals surface area contributed by atoms with Gasteiger partial charge in [-0.3, -0.25) is 0 Å². The molecule has 0 aliphatic rings. The Hall–Kier alpha value is -1.43. The molecule has 0 bridgehead atoms. The first kappa shape index (κ1) is 13.6. The van der Waals surface area contributed by atoms with Crippen LogP contribution in [0.2, 0.25) is 0 Å². The van der Waals surface area contributed by atoms with E-state index in [0.717, 1.165) is 0 Å². The predicted octanol–water partition coefficient (Wildman–Crippen LogP) is 0.136. The Morgan fingerprint density at radius 3 is 2.59 bits per heavy atom. The number of carbonyl (C=O) groups is 1. The molecule has 0 aliphatic carbocycles. The number of aliphatic hydroxyl groups excluding tert-OH is 3. The van der Waals surface area contributed by atoms with Gasteiger partial charge >= 0.3 is 5.97 Å². The van der Waals surface area contributed by atoms with Gasteiger partial charge in [0.1, 0.15) is 6.10 Å². The van der Waals surface area contributed by atoms with E-state index in [-0.39, 0.29) is 13.2 Å². The van der Waals surface area contributed by atoms with Crippen molar-refractivity contribution in [2.75, 3.05) is 6.61 Å². The number of hydrogen-bond acceptors (Lipinski definition) is 5. The molecule has 0 saturated carbocycles. The van der Waals surface area contributed by atoms with E-state index in [9.17, 15) is 15.0 Å².